The molecule has 5 aromatic carbocycles. The maximum Gasteiger partial charge on any atom is 0.319 e. The van der Waals surface area contributed by atoms with Gasteiger partial charge >= 0.3 is 12.0 Å². The van der Waals surface area contributed by atoms with Crippen LogP contribution in [0.25, 0.3) is 22.1 Å². The van der Waals surface area contributed by atoms with Crippen LogP contribution in [0.5, 0.6) is 5.75 Å². The number of aliphatic carboxylic acids is 1. The Hall–Kier alpha value is -9.29. The molecule has 4 amide bonds. The van der Waals surface area contributed by atoms with Gasteiger partial charge in [0.2, 0.25) is 28.5 Å². The molecule has 564 valence electrons. The number of hydrogen-bond donors (Lipinski definition) is 11. The number of fused-ring (bicyclic) bond motifs is 7. The average molecular weight is 1490 g/mol. The van der Waals surface area contributed by atoms with Crippen LogP contribution < -0.4 is 57.9 Å². The van der Waals surface area contributed by atoms with E-state index in [-0.39, 0.29) is 78.9 Å². The monoisotopic (exact) mass is 1490 g/mol. The molecule has 5 aliphatic heterocycles. The molecule has 3 fully saturated rings. The summed E-state index contributed by atoms with van der Waals surface area (Å²) in [5, 5.41) is 54.7. The number of nitrogen functional groups attached to an aromatic ring is 1. The topological polar surface area (TPSA) is 331 Å². The standard InChI is InChI=1S/C81H102N14O10Si2/c1-10-78(45-50-44-77(4,68-59(34-39-94(48-50)49-78)58-18-13-14-19-62(58)89-68)61-42-60-63(43-64(61)104-6)93(5)73-80(60)36-40-95-38-17-35-79(11-2,72(80)95)74(101)81(73,103)12-3)92-76(102)88-54-26-30-56(31-27-54)106(7,8)105-107(9,41-16-21-66(97)98)57-32-28-53(29-33-57)86-65(96)20-15-37-83-70(99)51-22-24-52(25-23-51)84-46-55-47-85-69-67(87-55)71(100)91-75(82)90-69/h13-14,17-19,22-33,35,42-43,47,50,72-74,84,89,101,103H,10-12,15-16,20-21,34,36-41,44-46,48-49H2,1-9H3,(H,83,99)(H,86,96)(H,97,98)(H2,88,92,102)(H3,82,85,90,91,100)/t50-,72+,73+,74+,77+,78-,79+,80+,81-,107?/m0/s1. The molecule has 0 radical (unpaired) electrons. The number of aliphatic hydroxyl groups is 2. The molecule has 1 spiro atoms. The number of nitrogens with two attached hydrogens (primary N) is 1. The predicted octanol–water partition coefficient (Wildman–Crippen LogP) is 9.48. The first-order valence-corrected chi connectivity index (χ1v) is 43.5. The molecule has 8 heterocycles. The van der Waals surface area contributed by atoms with E-state index in [0.717, 1.165) is 96.9 Å². The lowest BCUT2D eigenvalue weighted by Crippen LogP contribution is -2.78. The SMILES string of the molecule is CC[C@]1(NC(=O)Nc2ccc([Si](C)(C)O[Si](C)(CCCC(=O)O)c3ccc(NC(=O)CCCNC(=O)c4ccc(NCc5cnc6nc(N)[nH]c(=O)c6n5)cc4)cc3)cc2)C[C@H]2CN(CCc3c([nH]c4ccccc34)[C@@](C)(c3cc4c(cc3OC)N(C)[C@H]3[C@@](O)(CC)[C@H](O)[C@]5(CC)C=CCN6CC[C@]43[C@H]65)C2)C1. The minimum Gasteiger partial charge on any atom is -0.496 e. The summed E-state index contributed by atoms with van der Waals surface area (Å²) in [4.78, 5) is 91.6. The first-order chi connectivity index (χ1) is 51.2. The number of hydrogen-bond acceptors (Lipinski definition) is 17. The molecule has 24 nitrogen and oxygen atoms in total. The number of anilines is 5. The maximum atomic E-state index is 14.7. The fraction of sp³-hybridized carbons (Fsp3) is 0.457. The van der Waals surface area contributed by atoms with E-state index in [1.54, 1.807) is 31.4 Å². The molecule has 2 saturated heterocycles. The summed E-state index contributed by atoms with van der Waals surface area (Å²) in [6.07, 6.45) is 11.0. The number of carboxylic acid groups (broad SMARTS) is 1. The molecule has 2 unspecified atom stereocenters. The number of piperidine rings is 1. The molecule has 1 aliphatic carbocycles. The number of para-hydroxylation sites is 1. The Kier molecular flexibility index (Phi) is 20.2. The van der Waals surface area contributed by atoms with Gasteiger partial charge in [0, 0.05) is 131 Å². The summed E-state index contributed by atoms with van der Waals surface area (Å²) < 4.78 is 14.0. The van der Waals surface area contributed by atoms with Crippen LogP contribution in [-0.2, 0) is 37.5 Å². The molecule has 3 aromatic heterocycles. The number of likely N-dealkylation sites (N-methyl/N-ethyl adjacent to an activating group) is 1. The number of ether oxygens (including phenoxy) is 1. The van der Waals surface area contributed by atoms with E-state index in [1.165, 1.54) is 28.4 Å². The van der Waals surface area contributed by atoms with Gasteiger partial charge in [-0.05, 0) is 185 Å². The number of methoxy groups -OCH3 is 1. The lowest BCUT2D eigenvalue weighted by Gasteiger charge is -2.64. The van der Waals surface area contributed by atoms with E-state index in [2.05, 4.69) is 162 Å². The van der Waals surface area contributed by atoms with E-state index >= 15 is 0 Å². The molecular weight excluding hydrogens is 1390 g/mol. The van der Waals surface area contributed by atoms with Crippen LogP contribution in [0, 0.1) is 11.3 Å². The smallest absolute Gasteiger partial charge is 0.319 e. The third kappa shape index (κ3) is 13.6. The Bertz CT molecular complexity index is 4810. The minimum atomic E-state index is -2.85. The Balaban J connectivity index is 0.628. The molecule has 8 aromatic rings. The largest absolute Gasteiger partial charge is 0.496 e. The summed E-state index contributed by atoms with van der Waals surface area (Å²) >= 11 is 0. The molecule has 11 atom stereocenters. The Morgan fingerprint density at radius 2 is 1.55 bits per heavy atom. The number of carboxylic acids is 1. The van der Waals surface area contributed by atoms with E-state index in [9.17, 15) is 39.3 Å². The van der Waals surface area contributed by atoms with E-state index in [0.29, 0.717) is 60.9 Å². The number of carbonyl (C=O) groups excluding carboxylic acids is 3. The zero-order chi connectivity index (χ0) is 75.6. The Morgan fingerprint density at radius 1 is 0.822 bits per heavy atom. The summed E-state index contributed by atoms with van der Waals surface area (Å²) in [6.45, 7) is 19.8. The van der Waals surface area contributed by atoms with Crippen LogP contribution in [0.15, 0.2) is 132 Å². The van der Waals surface area contributed by atoms with E-state index < -0.39 is 61.7 Å². The van der Waals surface area contributed by atoms with E-state index in [1.807, 2.05) is 55.5 Å². The van der Waals surface area contributed by atoms with Gasteiger partial charge in [0.15, 0.2) is 11.2 Å². The number of nitrogens with one attached hydrogen (secondary N) is 7. The minimum absolute atomic E-state index is 0.00362. The van der Waals surface area contributed by atoms with Crippen molar-refractivity contribution < 1.29 is 43.3 Å². The van der Waals surface area contributed by atoms with Crippen molar-refractivity contribution in [2.24, 2.45) is 11.3 Å². The highest BCUT2D eigenvalue weighted by atomic mass is 28.4. The Morgan fingerprint density at radius 3 is 2.27 bits per heavy atom. The van der Waals surface area contributed by atoms with Gasteiger partial charge in [-0.3, -0.25) is 29.1 Å². The molecule has 2 bridgehead atoms. The van der Waals surface area contributed by atoms with Gasteiger partial charge in [-0.25, -0.2) is 14.8 Å². The summed E-state index contributed by atoms with van der Waals surface area (Å²) in [6, 6.07) is 35.8. The van der Waals surface area contributed by atoms with Crippen LogP contribution in [0.2, 0.25) is 25.7 Å². The van der Waals surface area contributed by atoms with Gasteiger partial charge in [-0.1, -0.05) is 75.4 Å². The summed E-state index contributed by atoms with van der Waals surface area (Å²) in [7, 11) is -1.69. The fourth-order valence-electron chi connectivity index (χ4n) is 19.9. The third-order valence-electron chi connectivity index (χ3n) is 24.9. The fourth-order valence-corrected chi connectivity index (χ4v) is 28.7. The highest BCUT2D eigenvalue weighted by molar-refractivity contribution is 6.97. The third-order valence-corrected chi connectivity index (χ3v) is 33.3. The number of rotatable bonds is 24. The number of urea groups is 1. The van der Waals surface area contributed by atoms with Crippen molar-refractivity contribution in [1.29, 1.82) is 0 Å². The van der Waals surface area contributed by atoms with Crippen molar-refractivity contribution in [2.45, 2.75) is 171 Å². The quantitative estimate of drug-likeness (QED) is 0.0152. The molecule has 26 heteroatoms. The lowest BCUT2D eigenvalue weighted by atomic mass is 9.47. The van der Waals surface area contributed by atoms with Crippen molar-refractivity contribution >= 4 is 102 Å². The van der Waals surface area contributed by atoms with Gasteiger partial charge in [-0.2, -0.15) is 4.98 Å². The number of amides is 4. The second kappa shape index (κ2) is 29.0. The second-order valence-corrected chi connectivity index (χ2v) is 39.7. The molecular formula is C81H102N14O10Si2. The molecule has 1 saturated carbocycles. The van der Waals surface area contributed by atoms with Crippen molar-refractivity contribution in [3.05, 3.63) is 172 Å². The van der Waals surface area contributed by atoms with Crippen molar-refractivity contribution in [3.63, 3.8) is 0 Å². The second-order valence-electron chi connectivity index (χ2n) is 31.8. The number of aromatic amines is 2. The van der Waals surface area contributed by atoms with Gasteiger partial charge in [0.1, 0.15) is 11.4 Å². The maximum absolute atomic E-state index is 14.7. The molecule has 12 N–H and O–H groups in total. The van der Waals surface area contributed by atoms with Crippen LogP contribution in [-0.4, -0.2) is 173 Å². The Labute approximate surface area is 626 Å². The zero-order valence-corrected chi connectivity index (χ0v) is 64.8. The molecule has 107 heavy (non-hydrogen) atoms. The molecule has 6 aliphatic rings. The van der Waals surface area contributed by atoms with Crippen molar-refractivity contribution in [3.8, 4) is 5.75 Å². The van der Waals surface area contributed by atoms with Gasteiger partial charge in [0.25, 0.3) is 11.5 Å². The highest BCUT2D eigenvalue weighted by Crippen LogP contribution is 2.68. The number of aromatic nitrogens is 5. The summed E-state index contributed by atoms with van der Waals surface area (Å²) in [5.74, 6) is -0.460. The lowest BCUT2D eigenvalue weighted by molar-refractivity contribution is -0.200. The first kappa shape index (κ1) is 74.6. The van der Waals surface area contributed by atoms with Crippen molar-refractivity contribution in [1.82, 2.24) is 45.4 Å². The van der Waals surface area contributed by atoms with Crippen LogP contribution in [0.1, 0.15) is 130 Å². The van der Waals surface area contributed by atoms with Crippen LogP contribution >= 0.6 is 0 Å². The average Bonchev–Trinajstić information content (AvgIpc) is 1.50. The predicted molar refractivity (Wildman–Crippen MR) is 423 cm³/mol. The number of nitrogens with zero attached hydrogens (tertiary/aromatic N) is 6. The van der Waals surface area contributed by atoms with E-state index in [4.69, 9.17) is 14.6 Å². The number of benzene rings is 5. The number of H-pyrrole nitrogens is 2. The zero-order valence-electron chi connectivity index (χ0n) is 62.8. The summed E-state index contributed by atoms with van der Waals surface area (Å²) in [5.41, 5.74) is 11.6. The highest BCUT2D eigenvalue weighted by Gasteiger charge is 2.76. The van der Waals surface area contributed by atoms with Gasteiger partial charge in [0.05, 0.1) is 43.2 Å². The van der Waals surface area contributed by atoms with Crippen LogP contribution in [0.3, 0.4) is 0 Å². The van der Waals surface area contributed by atoms with Crippen LogP contribution in [0.4, 0.5) is 33.5 Å². The van der Waals surface area contributed by atoms with Gasteiger partial charge in [-0.15, -0.1) is 0 Å². The van der Waals surface area contributed by atoms with Gasteiger partial charge < -0.3 is 71.3 Å². The number of carbonyl (C=O) groups is 4. The van der Waals surface area contributed by atoms with Crippen molar-refractivity contribution in [2.75, 3.05) is 80.0 Å². The molecule has 14 rings (SSSR count). The normalized spacial score (nSPS) is 26.3. The number of aliphatic hydroxyl groups excluding tert-OH is 1. The first-order valence-electron chi connectivity index (χ1n) is 38.0.